The van der Waals surface area contributed by atoms with Crippen molar-refractivity contribution in [2.45, 2.75) is 19.3 Å². The fourth-order valence-corrected chi connectivity index (χ4v) is 1.29. The number of nitrogens with zero attached hydrogens (tertiary/aromatic N) is 2. The monoisotopic (exact) mass is 171 g/mol. The normalized spacial score (nSPS) is 16.9. The van der Waals surface area contributed by atoms with Crippen molar-refractivity contribution in [1.82, 2.24) is 9.91 Å². The second-order valence-corrected chi connectivity index (χ2v) is 3.63. The van der Waals surface area contributed by atoms with Gasteiger partial charge in [-0.25, -0.2) is 10.6 Å². The number of nitrogens with two attached hydrogens (primary N) is 1. The smallest absolute Gasteiger partial charge is 0.330 e. The molecule has 0 aromatic rings. The molecule has 1 aliphatic carbocycles. The molecule has 0 spiro atoms. The number of carbonyl (C=O) groups is 1. The molecule has 0 aromatic heterocycles. The van der Waals surface area contributed by atoms with Gasteiger partial charge in [-0.05, 0) is 18.8 Å². The molecule has 0 saturated heterocycles. The summed E-state index contributed by atoms with van der Waals surface area (Å²) >= 11 is 0. The summed E-state index contributed by atoms with van der Waals surface area (Å²) in [5.41, 5.74) is 0. The molecule has 1 saturated carbocycles. The highest BCUT2D eigenvalue weighted by atomic mass is 16.2. The van der Waals surface area contributed by atoms with Crippen LogP contribution in [0.4, 0.5) is 4.79 Å². The van der Waals surface area contributed by atoms with E-state index in [1.165, 1.54) is 29.2 Å². The number of rotatable bonds is 2. The Morgan fingerprint density at radius 1 is 1.50 bits per heavy atom. The first-order chi connectivity index (χ1) is 5.61. The van der Waals surface area contributed by atoms with E-state index in [9.17, 15) is 4.79 Å². The SMILES string of the molecule is CN(C)C(=O)N(N)CC1CCC1. The van der Waals surface area contributed by atoms with Gasteiger partial charge in [0.2, 0.25) is 0 Å². The molecule has 2 N–H and O–H groups in total. The van der Waals surface area contributed by atoms with Crippen molar-refractivity contribution >= 4 is 6.03 Å². The lowest BCUT2D eigenvalue weighted by molar-refractivity contribution is 0.147. The highest BCUT2D eigenvalue weighted by Gasteiger charge is 2.22. The maximum Gasteiger partial charge on any atom is 0.333 e. The predicted octanol–water partition coefficient (Wildman–Crippen LogP) is 0.644. The summed E-state index contributed by atoms with van der Waals surface area (Å²) in [6.07, 6.45) is 3.72. The van der Waals surface area contributed by atoms with E-state index in [1.54, 1.807) is 14.1 Å². The van der Waals surface area contributed by atoms with E-state index >= 15 is 0 Å². The van der Waals surface area contributed by atoms with Gasteiger partial charge in [0.05, 0.1) is 0 Å². The van der Waals surface area contributed by atoms with E-state index in [2.05, 4.69) is 0 Å². The van der Waals surface area contributed by atoms with Crippen LogP contribution in [0.3, 0.4) is 0 Å². The molecule has 70 valence electrons. The third kappa shape index (κ3) is 2.11. The molecule has 2 amide bonds. The van der Waals surface area contributed by atoms with Crippen molar-refractivity contribution in [3.8, 4) is 0 Å². The lowest BCUT2D eigenvalue weighted by Gasteiger charge is -2.30. The topological polar surface area (TPSA) is 49.6 Å². The summed E-state index contributed by atoms with van der Waals surface area (Å²) in [5, 5.41) is 1.31. The average molecular weight is 171 g/mol. The molecule has 0 aromatic carbocycles. The van der Waals surface area contributed by atoms with Crippen LogP contribution in [0.15, 0.2) is 0 Å². The molecule has 4 heteroatoms. The molecule has 0 heterocycles. The number of amides is 2. The average Bonchev–Trinajstić information content (AvgIpc) is 1.94. The first-order valence-electron chi connectivity index (χ1n) is 4.34. The molecule has 0 atom stereocenters. The number of hydrazine groups is 1. The minimum absolute atomic E-state index is 0.109. The summed E-state index contributed by atoms with van der Waals surface area (Å²) in [6.45, 7) is 0.705. The largest absolute Gasteiger partial charge is 0.333 e. The fraction of sp³-hybridized carbons (Fsp3) is 0.875. The summed E-state index contributed by atoms with van der Waals surface area (Å²) < 4.78 is 0. The van der Waals surface area contributed by atoms with Gasteiger partial charge in [-0.2, -0.15) is 0 Å². The lowest BCUT2D eigenvalue weighted by atomic mass is 9.85. The Kier molecular flexibility index (Phi) is 2.92. The number of carbonyl (C=O) groups excluding carboxylic acids is 1. The van der Waals surface area contributed by atoms with Crippen molar-refractivity contribution in [3.05, 3.63) is 0 Å². The number of urea groups is 1. The van der Waals surface area contributed by atoms with E-state index in [4.69, 9.17) is 5.84 Å². The Bertz CT molecular complexity index is 166. The highest BCUT2D eigenvalue weighted by Crippen LogP contribution is 2.26. The number of hydrogen-bond donors (Lipinski definition) is 1. The summed E-state index contributed by atoms with van der Waals surface area (Å²) in [6, 6.07) is -0.109. The Hall–Kier alpha value is -0.770. The van der Waals surface area contributed by atoms with Crippen LogP contribution < -0.4 is 5.84 Å². The highest BCUT2D eigenvalue weighted by molar-refractivity contribution is 5.73. The molecule has 1 rings (SSSR count). The zero-order chi connectivity index (χ0) is 9.14. The fourth-order valence-electron chi connectivity index (χ4n) is 1.29. The quantitative estimate of drug-likeness (QED) is 0.376. The van der Waals surface area contributed by atoms with Crippen LogP contribution in [0.25, 0.3) is 0 Å². The third-order valence-electron chi connectivity index (χ3n) is 2.31. The maximum absolute atomic E-state index is 11.2. The summed E-state index contributed by atoms with van der Waals surface area (Å²) in [4.78, 5) is 12.7. The molecule has 0 radical (unpaired) electrons. The first kappa shape index (κ1) is 9.32. The predicted molar refractivity (Wildman–Crippen MR) is 47.3 cm³/mol. The maximum atomic E-state index is 11.2. The van der Waals surface area contributed by atoms with Gasteiger partial charge in [-0.3, -0.25) is 5.01 Å². The van der Waals surface area contributed by atoms with Gasteiger partial charge in [-0.15, -0.1) is 0 Å². The van der Waals surface area contributed by atoms with E-state index in [-0.39, 0.29) is 6.03 Å². The Morgan fingerprint density at radius 2 is 2.08 bits per heavy atom. The Morgan fingerprint density at radius 3 is 2.42 bits per heavy atom. The summed E-state index contributed by atoms with van der Waals surface area (Å²) in [5.74, 6) is 6.21. The van der Waals surface area contributed by atoms with Crippen molar-refractivity contribution in [2.24, 2.45) is 11.8 Å². The van der Waals surface area contributed by atoms with Gasteiger partial charge in [0.15, 0.2) is 0 Å². The van der Waals surface area contributed by atoms with Gasteiger partial charge in [0.25, 0.3) is 0 Å². The van der Waals surface area contributed by atoms with Crippen LogP contribution >= 0.6 is 0 Å². The van der Waals surface area contributed by atoms with Gasteiger partial charge in [-0.1, -0.05) is 6.42 Å². The zero-order valence-electron chi connectivity index (χ0n) is 7.79. The van der Waals surface area contributed by atoms with Crippen LogP contribution in [-0.2, 0) is 0 Å². The standard InChI is InChI=1S/C8H17N3O/c1-10(2)8(12)11(9)6-7-4-3-5-7/h7H,3-6,9H2,1-2H3. The Labute approximate surface area is 73.3 Å². The zero-order valence-corrected chi connectivity index (χ0v) is 7.79. The molecule has 0 aliphatic heterocycles. The molecule has 0 unspecified atom stereocenters. The summed E-state index contributed by atoms with van der Waals surface area (Å²) in [7, 11) is 3.42. The van der Waals surface area contributed by atoms with Crippen LogP contribution in [0.1, 0.15) is 19.3 Å². The van der Waals surface area contributed by atoms with Gasteiger partial charge in [0, 0.05) is 20.6 Å². The van der Waals surface area contributed by atoms with E-state index in [0.29, 0.717) is 12.5 Å². The molecule has 0 bridgehead atoms. The van der Waals surface area contributed by atoms with Crippen molar-refractivity contribution in [2.75, 3.05) is 20.6 Å². The van der Waals surface area contributed by atoms with Crippen molar-refractivity contribution in [3.63, 3.8) is 0 Å². The minimum Gasteiger partial charge on any atom is -0.330 e. The van der Waals surface area contributed by atoms with Crippen molar-refractivity contribution < 1.29 is 4.79 Å². The van der Waals surface area contributed by atoms with Gasteiger partial charge >= 0.3 is 6.03 Å². The van der Waals surface area contributed by atoms with E-state index in [1.807, 2.05) is 0 Å². The van der Waals surface area contributed by atoms with Crippen molar-refractivity contribution in [1.29, 1.82) is 0 Å². The molecule has 1 fully saturated rings. The van der Waals surface area contributed by atoms with Gasteiger partial charge < -0.3 is 4.90 Å². The van der Waals surface area contributed by atoms with Crippen LogP contribution in [0.5, 0.6) is 0 Å². The molecular weight excluding hydrogens is 154 g/mol. The van der Waals surface area contributed by atoms with Gasteiger partial charge in [0.1, 0.15) is 0 Å². The molecule has 12 heavy (non-hydrogen) atoms. The second kappa shape index (κ2) is 3.76. The third-order valence-corrected chi connectivity index (χ3v) is 2.31. The number of hydrogen-bond acceptors (Lipinski definition) is 2. The van der Waals surface area contributed by atoms with E-state index in [0.717, 1.165) is 0 Å². The molecule has 4 nitrogen and oxygen atoms in total. The van der Waals surface area contributed by atoms with Crippen LogP contribution in [0.2, 0.25) is 0 Å². The lowest BCUT2D eigenvalue weighted by Crippen LogP contribution is -2.47. The van der Waals surface area contributed by atoms with Crippen LogP contribution in [0, 0.1) is 5.92 Å². The Balaban J connectivity index is 2.26. The first-order valence-corrected chi connectivity index (χ1v) is 4.34. The minimum atomic E-state index is -0.109. The molecular formula is C8H17N3O. The van der Waals surface area contributed by atoms with E-state index < -0.39 is 0 Å². The molecule has 1 aliphatic rings. The van der Waals surface area contributed by atoms with Crippen LogP contribution in [-0.4, -0.2) is 36.6 Å². The second-order valence-electron chi connectivity index (χ2n) is 3.63.